The molecule has 0 amide bonds. The molecule has 1 aliphatic heterocycles. The molecule has 2 saturated carbocycles. The molecule has 264 valence electrons. The number of allylic oxidation sites excluding steroid dienone is 1. The molecule has 1 aromatic rings. The van der Waals surface area contributed by atoms with Gasteiger partial charge in [0.2, 0.25) is 5.78 Å². The van der Waals surface area contributed by atoms with Crippen LogP contribution >= 0.6 is 0 Å². The number of ketones is 1. The Morgan fingerprint density at radius 1 is 1.02 bits per heavy atom. The minimum atomic E-state index is -2.41. The third-order valence-corrected chi connectivity index (χ3v) is 17.2. The molecule has 3 fully saturated rings. The average molecular weight is 685 g/mol. The molecule has 4 aliphatic rings. The van der Waals surface area contributed by atoms with E-state index in [0.29, 0.717) is 11.1 Å². The highest BCUT2D eigenvalue weighted by atomic mass is 28.4. The topological polar surface area (TPSA) is 135 Å². The molecule has 3 aliphatic carbocycles. The van der Waals surface area contributed by atoms with Gasteiger partial charge in [-0.3, -0.25) is 14.4 Å². The summed E-state index contributed by atoms with van der Waals surface area (Å²) in [4.78, 5) is 56.7. The Labute approximate surface area is 285 Å². The van der Waals surface area contributed by atoms with Crippen LogP contribution in [0.4, 0.5) is 0 Å². The third kappa shape index (κ3) is 5.40. The summed E-state index contributed by atoms with van der Waals surface area (Å²) in [6, 6.07) is 11.0. The smallest absolute Gasteiger partial charge is 0.338 e. The van der Waals surface area contributed by atoms with E-state index in [4.69, 9.17) is 23.4 Å². The maximum atomic E-state index is 15.6. The van der Waals surface area contributed by atoms with Crippen molar-refractivity contribution in [1.82, 2.24) is 0 Å². The highest BCUT2D eigenvalue weighted by Gasteiger charge is 2.77. The van der Waals surface area contributed by atoms with Gasteiger partial charge in [0, 0.05) is 31.1 Å². The van der Waals surface area contributed by atoms with Crippen molar-refractivity contribution in [3.05, 3.63) is 47.2 Å². The minimum absolute atomic E-state index is 0.0482. The molecular weight excluding hydrogens is 632 g/mol. The van der Waals surface area contributed by atoms with Crippen LogP contribution in [0.2, 0.25) is 18.1 Å². The lowest BCUT2D eigenvalue weighted by Crippen LogP contribution is -2.77. The quantitative estimate of drug-likeness (QED) is 0.198. The van der Waals surface area contributed by atoms with E-state index in [1.165, 1.54) is 14.0 Å². The molecule has 48 heavy (non-hydrogen) atoms. The first-order chi connectivity index (χ1) is 22.6. The molecular formula is C37H52O10Si. The predicted molar refractivity (Wildman–Crippen MR) is 179 cm³/mol. The third-order valence-electron chi connectivity index (χ3n) is 12.6. The monoisotopic (exact) mass is 684 g/mol. The van der Waals surface area contributed by atoms with Crippen LogP contribution in [0.25, 0.3) is 0 Å². The molecule has 10 nitrogen and oxygen atoms in total. The number of rotatable bonds is 9. The Hall–Kier alpha value is -2.86. The summed E-state index contributed by atoms with van der Waals surface area (Å²) in [7, 11) is -1.10. The van der Waals surface area contributed by atoms with E-state index in [2.05, 4.69) is 20.8 Å². The molecule has 5 rings (SSSR count). The predicted octanol–water partition coefficient (Wildman–Crippen LogP) is 5.63. The second kappa shape index (κ2) is 13.1. The molecule has 1 N–H and O–H groups in total. The maximum Gasteiger partial charge on any atom is 0.338 e. The fourth-order valence-corrected chi connectivity index (χ4v) is 12.5. The first-order valence-electron chi connectivity index (χ1n) is 17.4. The van der Waals surface area contributed by atoms with Gasteiger partial charge < -0.3 is 28.5 Å². The van der Waals surface area contributed by atoms with Gasteiger partial charge in [0.05, 0.1) is 43.0 Å². The van der Waals surface area contributed by atoms with Crippen molar-refractivity contribution in [1.29, 1.82) is 0 Å². The van der Waals surface area contributed by atoms with E-state index in [0.717, 1.165) is 18.1 Å². The lowest BCUT2D eigenvalue weighted by atomic mass is 9.43. The number of ether oxygens (including phenoxy) is 4. The normalized spacial score (nSPS) is 35.6. The van der Waals surface area contributed by atoms with Crippen molar-refractivity contribution in [3.63, 3.8) is 0 Å². The SMILES string of the molecule is CC[Si](CC)(CC)O[C@H]1C[C@H]2OC[C@@]2(C(=O)OC)C2[C@H](OC(=O)c3ccccc3)C3C[C@H](O)C(C)C(=C(OC(C)=O)C(=O)[C@@]21C)C3(C)C. The number of aliphatic hydroxyl groups excluding tert-OH is 1. The van der Waals surface area contributed by atoms with E-state index in [1.54, 1.807) is 37.3 Å². The summed E-state index contributed by atoms with van der Waals surface area (Å²) in [5.41, 5.74) is -3.01. The van der Waals surface area contributed by atoms with Crippen LogP contribution in [0.3, 0.4) is 0 Å². The van der Waals surface area contributed by atoms with Crippen LogP contribution in [0.5, 0.6) is 0 Å². The number of Topliss-reactive ketones (excluding diaryl/α,β-unsaturated/α-hetero) is 1. The van der Waals surface area contributed by atoms with Gasteiger partial charge in [-0.1, -0.05) is 59.7 Å². The first kappa shape index (κ1) is 36.4. The zero-order valence-electron chi connectivity index (χ0n) is 29.8. The van der Waals surface area contributed by atoms with Gasteiger partial charge in [0.1, 0.15) is 11.5 Å². The van der Waals surface area contributed by atoms with Crippen molar-refractivity contribution in [2.24, 2.45) is 34.0 Å². The highest BCUT2D eigenvalue weighted by Crippen LogP contribution is 2.66. The average Bonchev–Trinajstić information content (AvgIpc) is 3.05. The second-order valence-corrected chi connectivity index (χ2v) is 19.7. The molecule has 0 spiro atoms. The van der Waals surface area contributed by atoms with E-state index < -0.39 is 90.4 Å². The summed E-state index contributed by atoms with van der Waals surface area (Å²) < 4.78 is 31.4. The number of carbonyl (C=O) groups excluding carboxylic acids is 4. The zero-order chi connectivity index (χ0) is 35.4. The van der Waals surface area contributed by atoms with E-state index in [-0.39, 0.29) is 25.2 Å². The lowest BCUT2D eigenvalue weighted by molar-refractivity contribution is -0.296. The summed E-state index contributed by atoms with van der Waals surface area (Å²) in [5, 5.41) is 11.6. The van der Waals surface area contributed by atoms with Gasteiger partial charge in [-0.05, 0) is 54.6 Å². The van der Waals surface area contributed by atoms with Crippen molar-refractivity contribution < 1.29 is 47.7 Å². The number of hydrogen-bond donors (Lipinski definition) is 1. The van der Waals surface area contributed by atoms with E-state index in [1.807, 2.05) is 20.8 Å². The summed E-state index contributed by atoms with van der Waals surface area (Å²) in [6.07, 6.45) is -2.99. The number of hydrogen-bond acceptors (Lipinski definition) is 10. The van der Waals surface area contributed by atoms with Crippen LogP contribution in [0.1, 0.15) is 78.6 Å². The fraction of sp³-hybridized carbons (Fsp3) is 0.676. The number of methoxy groups -OCH3 is 1. The van der Waals surface area contributed by atoms with Crippen molar-refractivity contribution in [2.75, 3.05) is 13.7 Å². The summed E-state index contributed by atoms with van der Waals surface area (Å²) in [6.45, 7) is 15.0. The lowest BCUT2D eigenvalue weighted by Gasteiger charge is -2.66. The Morgan fingerprint density at radius 3 is 2.17 bits per heavy atom. The number of aliphatic hydroxyl groups is 1. The van der Waals surface area contributed by atoms with Crippen molar-refractivity contribution in [3.8, 4) is 0 Å². The number of fused-ring (bicyclic) bond motifs is 5. The van der Waals surface area contributed by atoms with E-state index in [9.17, 15) is 19.5 Å². The summed E-state index contributed by atoms with van der Waals surface area (Å²) in [5.74, 6) is -4.61. The van der Waals surface area contributed by atoms with Gasteiger partial charge in [0.25, 0.3) is 0 Å². The Kier molecular flexibility index (Phi) is 9.95. The molecule has 1 heterocycles. The van der Waals surface area contributed by atoms with Crippen LogP contribution in [0, 0.1) is 34.0 Å². The Morgan fingerprint density at radius 2 is 1.65 bits per heavy atom. The van der Waals surface area contributed by atoms with Gasteiger partial charge in [-0.25, -0.2) is 4.79 Å². The molecule has 0 radical (unpaired) electrons. The molecule has 9 atom stereocenters. The number of esters is 3. The fourth-order valence-electron chi connectivity index (χ4n) is 9.57. The standard InChI is InChI=1S/C37H52O10Si/c1-10-48(11-2,12-3)47-26-19-27-37(20-44-27,34(42)43-9)31-29(46-33(41)23-16-14-13-15-17-23)24-18-25(39)21(4)28(35(24,6)7)30(45-22(5)38)32(40)36(26,31)8/h13-17,21,24-27,29,31,39H,10-12,18-20H2,1-9H3/t21?,24?,25-,26-,27+,29+,31?,36+,37-/m0/s1. The van der Waals surface area contributed by atoms with Crippen LogP contribution in [0.15, 0.2) is 41.7 Å². The van der Waals surface area contributed by atoms with Gasteiger partial charge in [0.15, 0.2) is 14.1 Å². The van der Waals surface area contributed by atoms with Gasteiger partial charge >= 0.3 is 17.9 Å². The van der Waals surface area contributed by atoms with Gasteiger partial charge in [-0.15, -0.1) is 0 Å². The zero-order valence-corrected chi connectivity index (χ0v) is 30.8. The van der Waals surface area contributed by atoms with Gasteiger partial charge in [-0.2, -0.15) is 0 Å². The molecule has 2 bridgehead atoms. The van der Waals surface area contributed by atoms with Crippen LogP contribution in [-0.4, -0.2) is 75.2 Å². The minimum Gasteiger partial charge on any atom is -0.468 e. The number of benzene rings is 1. The van der Waals surface area contributed by atoms with Crippen LogP contribution < -0.4 is 0 Å². The van der Waals surface area contributed by atoms with E-state index >= 15 is 4.79 Å². The Bertz CT molecular complexity index is 1460. The highest BCUT2D eigenvalue weighted by molar-refractivity contribution is 6.73. The largest absolute Gasteiger partial charge is 0.468 e. The second-order valence-electron chi connectivity index (χ2n) is 15.0. The number of carbonyl (C=O) groups is 4. The molecule has 1 aromatic carbocycles. The van der Waals surface area contributed by atoms with Crippen molar-refractivity contribution >= 4 is 32.0 Å². The maximum absolute atomic E-state index is 15.6. The van der Waals surface area contributed by atoms with Crippen LogP contribution in [-0.2, 0) is 37.8 Å². The molecule has 1 saturated heterocycles. The van der Waals surface area contributed by atoms with Crippen molar-refractivity contribution in [2.45, 2.75) is 111 Å². The molecule has 0 aromatic heterocycles. The molecule has 3 unspecified atom stereocenters. The first-order valence-corrected chi connectivity index (χ1v) is 19.9. The summed E-state index contributed by atoms with van der Waals surface area (Å²) >= 11 is 0. The Balaban J connectivity index is 1.87. The molecule has 11 heteroatoms.